The summed E-state index contributed by atoms with van der Waals surface area (Å²) in [6, 6.07) is 3.53. The predicted octanol–water partition coefficient (Wildman–Crippen LogP) is 0.263. The van der Waals surface area contributed by atoms with Gasteiger partial charge in [-0.25, -0.2) is 4.98 Å². The van der Waals surface area contributed by atoms with E-state index in [1.165, 1.54) is 0 Å². The van der Waals surface area contributed by atoms with Gasteiger partial charge < -0.3 is 20.1 Å². The normalized spacial score (nSPS) is 22.8. The molecule has 18 heavy (non-hydrogen) atoms. The Bertz CT molecular complexity index is 408. The van der Waals surface area contributed by atoms with Gasteiger partial charge in [0.1, 0.15) is 0 Å². The molecule has 0 radical (unpaired) electrons. The second-order valence-corrected chi connectivity index (χ2v) is 4.12. The lowest BCUT2D eigenvalue weighted by atomic mass is 10.0. The minimum absolute atomic E-state index is 0.0567. The number of pyridine rings is 1. The summed E-state index contributed by atoms with van der Waals surface area (Å²) < 4.78 is 10.3. The first-order valence-electron chi connectivity index (χ1n) is 5.80. The predicted molar refractivity (Wildman–Crippen MR) is 66.6 cm³/mol. The molecule has 1 amide bonds. The van der Waals surface area contributed by atoms with Crippen LogP contribution in [0.2, 0.25) is 0 Å². The first kappa shape index (κ1) is 12.8. The zero-order valence-corrected chi connectivity index (χ0v) is 10.5. The largest absolute Gasteiger partial charge is 0.481 e. The number of aromatic nitrogens is 1. The third-order valence-corrected chi connectivity index (χ3v) is 3.00. The lowest BCUT2D eigenvalue weighted by Crippen LogP contribution is -2.39. The van der Waals surface area contributed by atoms with Crippen LogP contribution in [0.3, 0.4) is 0 Å². The van der Waals surface area contributed by atoms with Crippen molar-refractivity contribution < 1.29 is 14.3 Å². The topological polar surface area (TPSA) is 72.5 Å². The zero-order chi connectivity index (χ0) is 13.0. The minimum atomic E-state index is -0.169. The fourth-order valence-corrected chi connectivity index (χ4v) is 1.91. The minimum Gasteiger partial charge on any atom is -0.481 e. The van der Waals surface area contributed by atoms with Gasteiger partial charge in [0.25, 0.3) is 0 Å². The van der Waals surface area contributed by atoms with Crippen LogP contribution in [0.25, 0.3) is 0 Å². The highest BCUT2D eigenvalue weighted by atomic mass is 16.5. The number of rotatable bonds is 4. The van der Waals surface area contributed by atoms with Crippen LogP contribution in [0, 0.1) is 5.92 Å². The number of anilines is 1. The summed E-state index contributed by atoms with van der Waals surface area (Å²) in [5.41, 5.74) is 0.655. The van der Waals surface area contributed by atoms with Gasteiger partial charge in [-0.3, -0.25) is 4.79 Å². The zero-order valence-electron chi connectivity index (χ0n) is 10.5. The first-order chi connectivity index (χ1) is 8.74. The van der Waals surface area contributed by atoms with E-state index < -0.39 is 0 Å². The van der Waals surface area contributed by atoms with E-state index in [2.05, 4.69) is 15.6 Å². The highest BCUT2D eigenvalue weighted by Crippen LogP contribution is 2.17. The van der Waals surface area contributed by atoms with Gasteiger partial charge in [-0.1, -0.05) is 0 Å². The Hall–Kier alpha value is -1.66. The van der Waals surface area contributed by atoms with Crippen molar-refractivity contribution in [2.24, 2.45) is 5.92 Å². The van der Waals surface area contributed by atoms with E-state index in [4.69, 9.17) is 9.47 Å². The number of methoxy groups -OCH3 is 1. The molecular formula is C12H17N3O3. The second kappa shape index (κ2) is 5.79. The lowest BCUT2D eigenvalue weighted by molar-refractivity contribution is -0.120. The number of nitrogens with one attached hydrogen (secondary N) is 2. The van der Waals surface area contributed by atoms with Crippen LogP contribution >= 0.6 is 0 Å². The molecule has 6 nitrogen and oxygen atoms in total. The molecule has 2 N–H and O–H groups in total. The van der Waals surface area contributed by atoms with E-state index >= 15 is 0 Å². The molecule has 98 valence electrons. The van der Waals surface area contributed by atoms with E-state index in [0.29, 0.717) is 24.8 Å². The molecule has 1 aliphatic rings. The van der Waals surface area contributed by atoms with Crippen LogP contribution in [-0.2, 0) is 9.53 Å². The van der Waals surface area contributed by atoms with Crippen LogP contribution in [-0.4, -0.2) is 44.3 Å². The molecule has 0 aromatic carbocycles. The summed E-state index contributed by atoms with van der Waals surface area (Å²) >= 11 is 0. The Morgan fingerprint density at radius 1 is 1.50 bits per heavy atom. The smallest absolute Gasteiger partial charge is 0.231 e. The number of carbonyl (C=O) groups is 1. The lowest BCUT2D eigenvalue weighted by Gasteiger charge is -2.16. The molecule has 6 heteroatoms. The van der Waals surface area contributed by atoms with Crippen molar-refractivity contribution in [3.63, 3.8) is 0 Å². The van der Waals surface area contributed by atoms with Crippen LogP contribution in [0.1, 0.15) is 0 Å². The molecule has 2 rings (SSSR count). The molecule has 1 aromatic rings. The van der Waals surface area contributed by atoms with E-state index in [1.807, 2.05) is 7.05 Å². The monoisotopic (exact) mass is 251 g/mol. The summed E-state index contributed by atoms with van der Waals surface area (Å²) in [4.78, 5) is 16.1. The molecule has 2 heterocycles. The maximum atomic E-state index is 12.0. The molecule has 0 aliphatic carbocycles. The number of carbonyl (C=O) groups excluding carboxylic acids is 1. The molecular weight excluding hydrogens is 234 g/mol. The van der Waals surface area contributed by atoms with E-state index in [9.17, 15) is 4.79 Å². The maximum Gasteiger partial charge on any atom is 0.231 e. The highest BCUT2D eigenvalue weighted by Gasteiger charge is 2.32. The number of hydrogen-bond acceptors (Lipinski definition) is 5. The average Bonchev–Trinajstić information content (AvgIpc) is 2.88. The molecule has 1 fully saturated rings. The highest BCUT2D eigenvalue weighted by molar-refractivity contribution is 5.93. The van der Waals surface area contributed by atoms with Crippen LogP contribution in [0.5, 0.6) is 5.88 Å². The summed E-state index contributed by atoms with van der Waals surface area (Å²) in [7, 11) is 3.38. The van der Waals surface area contributed by atoms with Crippen molar-refractivity contribution in [1.29, 1.82) is 0 Å². The first-order valence-corrected chi connectivity index (χ1v) is 5.80. The third kappa shape index (κ3) is 2.77. The van der Waals surface area contributed by atoms with Crippen LogP contribution in [0.4, 0.5) is 5.69 Å². The summed E-state index contributed by atoms with van der Waals surface area (Å²) in [6.45, 7) is 1.01. The molecule has 0 saturated carbocycles. The number of hydrogen-bond donors (Lipinski definition) is 2. The van der Waals surface area contributed by atoms with Crippen molar-refractivity contribution in [2.75, 3.05) is 32.7 Å². The van der Waals surface area contributed by atoms with Gasteiger partial charge in [-0.2, -0.15) is 0 Å². The third-order valence-electron chi connectivity index (χ3n) is 3.00. The Balaban J connectivity index is 1.97. The van der Waals surface area contributed by atoms with Crippen molar-refractivity contribution in [3.05, 3.63) is 18.3 Å². The second-order valence-electron chi connectivity index (χ2n) is 4.12. The number of likely N-dealkylation sites (N-methyl/N-ethyl adjacent to an activating group) is 1. The Labute approximate surface area is 106 Å². The van der Waals surface area contributed by atoms with E-state index in [1.54, 1.807) is 25.4 Å². The van der Waals surface area contributed by atoms with Gasteiger partial charge in [-0.15, -0.1) is 0 Å². The Kier molecular flexibility index (Phi) is 4.11. The Morgan fingerprint density at radius 2 is 2.33 bits per heavy atom. The molecule has 1 saturated heterocycles. The van der Waals surface area contributed by atoms with Gasteiger partial charge in [-0.05, 0) is 13.1 Å². The van der Waals surface area contributed by atoms with E-state index in [0.717, 1.165) is 0 Å². The molecule has 0 bridgehead atoms. The number of nitrogens with zero attached hydrogens (tertiary/aromatic N) is 1. The molecule has 1 aromatic heterocycles. The van der Waals surface area contributed by atoms with Crippen molar-refractivity contribution in [1.82, 2.24) is 10.3 Å². The standard InChI is InChI=1S/C12H17N3O3/c1-13-10-7-18-6-9(10)12(16)15-8-3-4-11(17-2)14-5-8/h3-5,9-10,13H,6-7H2,1-2H3,(H,15,16). The van der Waals surface area contributed by atoms with Crippen molar-refractivity contribution >= 4 is 11.6 Å². The van der Waals surface area contributed by atoms with E-state index in [-0.39, 0.29) is 17.9 Å². The van der Waals surface area contributed by atoms with Crippen molar-refractivity contribution in [2.45, 2.75) is 6.04 Å². The Morgan fingerprint density at radius 3 is 2.94 bits per heavy atom. The van der Waals surface area contributed by atoms with Crippen LogP contribution in [0.15, 0.2) is 18.3 Å². The van der Waals surface area contributed by atoms with Gasteiger partial charge in [0.2, 0.25) is 11.8 Å². The quantitative estimate of drug-likeness (QED) is 0.803. The average molecular weight is 251 g/mol. The van der Waals surface area contributed by atoms with Gasteiger partial charge in [0, 0.05) is 12.1 Å². The molecule has 0 spiro atoms. The number of amides is 1. The SMILES string of the molecule is CNC1COCC1C(=O)Nc1ccc(OC)nc1. The maximum absolute atomic E-state index is 12.0. The van der Waals surface area contributed by atoms with Crippen molar-refractivity contribution in [3.8, 4) is 5.88 Å². The molecule has 2 atom stereocenters. The summed E-state index contributed by atoms with van der Waals surface area (Å²) in [5, 5.41) is 5.90. The summed E-state index contributed by atoms with van der Waals surface area (Å²) in [6.07, 6.45) is 1.57. The fraction of sp³-hybridized carbons (Fsp3) is 0.500. The fourth-order valence-electron chi connectivity index (χ4n) is 1.91. The molecule has 2 unspecified atom stereocenters. The van der Waals surface area contributed by atoms with Gasteiger partial charge >= 0.3 is 0 Å². The number of ether oxygens (including phenoxy) is 2. The summed E-state index contributed by atoms with van der Waals surface area (Å²) in [5.74, 6) is 0.293. The molecule has 1 aliphatic heterocycles. The van der Waals surface area contributed by atoms with Gasteiger partial charge in [0.05, 0.1) is 38.1 Å². The van der Waals surface area contributed by atoms with Crippen LogP contribution < -0.4 is 15.4 Å². The van der Waals surface area contributed by atoms with Gasteiger partial charge in [0.15, 0.2) is 0 Å².